The van der Waals surface area contributed by atoms with Gasteiger partial charge in [0.15, 0.2) is 0 Å². The van der Waals surface area contributed by atoms with Gasteiger partial charge in [0.25, 0.3) is 0 Å². The Kier molecular flexibility index (Phi) is 4.14. The second-order valence-corrected chi connectivity index (χ2v) is 6.80. The molecule has 1 atom stereocenters. The number of nitrogens with zero attached hydrogens (tertiary/aromatic N) is 3. The van der Waals surface area contributed by atoms with Crippen LogP contribution in [0.4, 0.5) is 4.39 Å². The molecule has 4 rings (SSSR count). The summed E-state index contributed by atoms with van der Waals surface area (Å²) >= 11 is 0. The molecule has 0 spiro atoms. The minimum Gasteiger partial charge on any atom is -0.302 e. The average molecular weight is 335 g/mol. The third-order valence-electron chi connectivity index (χ3n) is 5.04. The maximum absolute atomic E-state index is 13.3. The van der Waals surface area contributed by atoms with Crippen molar-refractivity contribution < 1.29 is 4.39 Å². The predicted octanol–water partition coefficient (Wildman–Crippen LogP) is 4.29. The van der Waals surface area contributed by atoms with E-state index in [1.165, 1.54) is 29.0 Å². The Morgan fingerprint density at radius 2 is 1.76 bits per heavy atom. The van der Waals surface area contributed by atoms with E-state index in [-0.39, 0.29) is 11.9 Å². The molecule has 0 fully saturated rings. The van der Waals surface area contributed by atoms with Gasteiger partial charge < -0.3 is 4.90 Å². The maximum atomic E-state index is 13.3. The van der Waals surface area contributed by atoms with Crippen LogP contribution in [0, 0.1) is 5.82 Å². The van der Waals surface area contributed by atoms with Crippen LogP contribution in [0.1, 0.15) is 29.8 Å². The lowest BCUT2D eigenvalue weighted by Crippen LogP contribution is -2.28. The number of rotatable bonds is 3. The lowest BCUT2D eigenvalue weighted by atomic mass is 10.0. The van der Waals surface area contributed by atoms with Crippen LogP contribution in [0.2, 0.25) is 0 Å². The molecule has 4 heteroatoms. The third-order valence-corrected chi connectivity index (χ3v) is 5.04. The van der Waals surface area contributed by atoms with Crippen LogP contribution in [0.5, 0.6) is 0 Å². The van der Waals surface area contributed by atoms with Gasteiger partial charge in [-0.1, -0.05) is 30.3 Å². The average Bonchev–Trinajstić information content (AvgIpc) is 3.01. The molecular formula is C21H22FN3. The van der Waals surface area contributed by atoms with Gasteiger partial charge in [-0.2, -0.15) is 5.10 Å². The molecule has 2 heterocycles. The van der Waals surface area contributed by atoms with E-state index in [1.807, 2.05) is 18.2 Å². The summed E-state index contributed by atoms with van der Waals surface area (Å²) in [5.41, 5.74) is 5.77. The maximum Gasteiger partial charge on any atom is 0.123 e. The molecule has 2 aromatic carbocycles. The van der Waals surface area contributed by atoms with E-state index in [1.54, 1.807) is 0 Å². The Labute approximate surface area is 147 Å². The number of halogens is 1. The van der Waals surface area contributed by atoms with E-state index >= 15 is 0 Å². The van der Waals surface area contributed by atoms with Crippen molar-refractivity contribution in [1.82, 2.24) is 14.7 Å². The van der Waals surface area contributed by atoms with E-state index in [4.69, 9.17) is 5.10 Å². The van der Waals surface area contributed by atoms with E-state index < -0.39 is 0 Å². The molecule has 0 bridgehead atoms. The van der Waals surface area contributed by atoms with Gasteiger partial charge in [0.2, 0.25) is 0 Å². The first-order chi connectivity index (χ1) is 12.1. The molecule has 0 N–H and O–H groups in total. The highest BCUT2D eigenvalue weighted by Gasteiger charge is 2.26. The molecule has 0 saturated carbocycles. The van der Waals surface area contributed by atoms with Crippen molar-refractivity contribution in [3.63, 3.8) is 0 Å². The highest BCUT2D eigenvalue weighted by Crippen LogP contribution is 2.32. The Morgan fingerprint density at radius 1 is 1.04 bits per heavy atom. The minimum absolute atomic E-state index is 0.174. The van der Waals surface area contributed by atoms with Crippen LogP contribution in [0.3, 0.4) is 0 Å². The topological polar surface area (TPSA) is 21.1 Å². The number of fused-ring (bicyclic) bond motifs is 1. The van der Waals surface area contributed by atoms with Crippen molar-refractivity contribution in [2.24, 2.45) is 0 Å². The number of hydrogen-bond donors (Lipinski definition) is 0. The molecule has 1 aliphatic heterocycles. The molecule has 3 nitrogen and oxygen atoms in total. The molecule has 25 heavy (non-hydrogen) atoms. The minimum atomic E-state index is -0.216. The van der Waals surface area contributed by atoms with Gasteiger partial charge in [-0.05, 0) is 43.8 Å². The normalized spacial score (nSPS) is 15.8. The van der Waals surface area contributed by atoms with Gasteiger partial charge in [0.05, 0.1) is 11.7 Å². The smallest absolute Gasteiger partial charge is 0.123 e. The number of likely N-dealkylation sites (N-methyl/N-ethyl adjacent to an activating group) is 1. The van der Waals surface area contributed by atoms with E-state index in [9.17, 15) is 4.39 Å². The summed E-state index contributed by atoms with van der Waals surface area (Å²) in [6, 6.07) is 17.3. The van der Waals surface area contributed by atoms with Crippen LogP contribution < -0.4 is 0 Å². The Hall–Kier alpha value is -2.46. The molecule has 3 aromatic rings. The molecule has 0 saturated heterocycles. The van der Waals surface area contributed by atoms with Crippen LogP contribution in [-0.4, -0.2) is 28.3 Å². The molecule has 1 aliphatic rings. The summed E-state index contributed by atoms with van der Waals surface area (Å²) in [6.07, 6.45) is 0.983. The van der Waals surface area contributed by atoms with Crippen molar-refractivity contribution >= 4 is 0 Å². The van der Waals surface area contributed by atoms with Crippen molar-refractivity contribution in [2.45, 2.75) is 25.9 Å². The predicted molar refractivity (Wildman–Crippen MR) is 97.9 cm³/mol. The summed E-state index contributed by atoms with van der Waals surface area (Å²) in [5, 5.41) is 4.97. The monoisotopic (exact) mass is 335 g/mol. The fraction of sp³-hybridized carbons (Fsp3) is 0.286. The van der Waals surface area contributed by atoms with Gasteiger partial charge in [0, 0.05) is 36.3 Å². The fourth-order valence-electron chi connectivity index (χ4n) is 3.61. The summed E-state index contributed by atoms with van der Waals surface area (Å²) < 4.78 is 15.5. The Bertz CT molecular complexity index is 868. The number of hydrogen-bond acceptors (Lipinski definition) is 2. The molecule has 1 unspecified atom stereocenters. The number of aromatic nitrogens is 2. The van der Waals surface area contributed by atoms with E-state index in [0.29, 0.717) is 0 Å². The zero-order valence-electron chi connectivity index (χ0n) is 14.6. The zero-order chi connectivity index (χ0) is 17.4. The first-order valence-corrected chi connectivity index (χ1v) is 8.73. The van der Waals surface area contributed by atoms with Crippen molar-refractivity contribution in [3.8, 4) is 11.3 Å². The van der Waals surface area contributed by atoms with Crippen molar-refractivity contribution in [3.05, 3.63) is 77.2 Å². The van der Waals surface area contributed by atoms with Crippen LogP contribution in [-0.2, 0) is 13.0 Å². The Balaban J connectivity index is 1.83. The second kappa shape index (κ2) is 6.45. The van der Waals surface area contributed by atoms with Crippen molar-refractivity contribution in [1.29, 1.82) is 0 Å². The molecule has 0 amide bonds. The van der Waals surface area contributed by atoms with E-state index in [2.05, 4.69) is 47.8 Å². The largest absolute Gasteiger partial charge is 0.302 e. The summed E-state index contributed by atoms with van der Waals surface area (Å²) in [5.74, 6) is -0.216. The second-order valence-electron chi connectivity index (χ2n) is 6.80. The van der Waals surface area contributed by atoms with Gasteiger partial charge in [-0.25, -0.2) is 4.39 Å². The molecule has 0 aliphatic carbocycles. The van der Waals surface area contributed by atoms with Gasteiger partial charge >= 0.3 is 0 Å². The first kappa shape index (κ1) is 16.0. The summed E-state index contributed by atoms with van der Waals surface area (Å²) in [4.78, 5) is 2.31. The van der Waals surface area contributed by atoms with E-state index in [0.717, 1.165) is 30.8 Å². The Morgan fingerprint density at radius 3 is 2.48 bits per heavy atom. The molecule has 128 valence electrons. The number of benzene rings is 2. The molecule has 1 aromatic heterocycles. The molecular weight excluding hydrogens is 313 g/mol. The van der Waals surface area contributed by atoms with Crippen LogP contribution in [0.25, 0.3) is 11.3 Å². The lowest BCUT2D eigenvalue weighted by Gasteiger charge is -2.25. The standard InChI is InChI=1S/C21H22FN3/c1-15(16-6-4-3-5-7-16)25-20-12-13-24(2)14-19(20)21(23-25)17-8-10-18(22)11-9-17/h3-11,15H,12-14H2,1-2H3. The summed E-state index contributed by atoms with van der Waals surface area (Å²) in [7, 11) is 2.13. The van der Waals surface area contributed by atoms with Gasteiger partial charge in [-0.3, -0.25) is 4.68 Å². The van der Waals surface area contributed by atoms with Crippen LogP contribution >= 0.6 is 0 Å². The highest BCUT2D eigenvalue weighted by atomic mass is 19.1. The summed E-state index contributed by atoms with van der Waals surface area (Å²) in [6.45, 7) is 4.10. The zero-order valence-corrected chi connectivity index (χ0v) is 14.6. The highest BCUT2D eigenvalue weighted by molar-refractivity contribution is 5.64. The third kappa shape index (κ3) is 2.98. The van der Waals surface area contributed by atoms with Crippen molar-refractivity contribution in [2.75, 3.05) is 13.6 Å². The SMILES string of the molecule is CC(c1ccccc1)n1nc(-c2ccc(F)cc2)c2c1CCN(C)C2. The first-order valence-electron chi connectivity index (χ1n) is 8.73. The quantitative estimate of drug-likeness (QED) is 0.712. The van der Waals surface area contributed by atoms with Gasteiger partial charge in [-0.15, -0.1) is 0 Å². The fourth-order valence-corrected chi connectivity index (χ4v) is 3.61. The lowest BCUT2D eigenvalue weighted by molar-refractivity contribution is 0.306. The van der Waals surface area contributed by atoms with Crippen LogP contribution in [0.15, 0.2) is 54.6 Å². The molecule has 0 radical (unpaired) electrons. The van der Waals surface area contributed by atoms with Gasteiger partial charge in [0.1, 0.15) is 5.82 Å².